The fourth-order valence-electron chi connectivity index (χ4n) is 1.95. The first kappa shape index (κ1) is 14.5. The Bertz CT molecular complexity index is 553. The van der Waals surface area contributed by atoms with Gasteiger partial charge in [0.15, 0.2) is 0 Å². The van der Waals surface area contributed by atoms with Crippen molar-refractivity contribution in [1.82, 2.24) is 10.3 Å². The topological polar surface area (TPSA) is 24.9 Å². The van der Waals surface area contributed by atoms with Crippen LogP contribution in [-0.2, 0) is 12.7 Å². The molecule has 106 valence electrons. The zero-order valence-electron chi connectivity index (χ0n) is 11.0. The molecule has 0 saturated carbocycles. The van der Waals surface area contributed by atoms with Gasteiger partial charge in [0.2, 0.25) is 0 Å². The summed E-state index contributed by atoms with van der Waals surface area (Å²) in [6.45, 7) is 2.02. The standard InChI is InChI=1S/C15H15F3N2/c1-11(14-8-4-5-9-19-14)20-10-12-6-2-3-7-13(12)15(16,17)18/h2-9,11,20H,10H2,1H3/t11-/m1/s1. The van der Waals surface area contributed by atoms with Crippen LogP contribution in [0.3, 0.4) is 0 Å². The van der Waals surface area contributed by atoms with E-state index < -0.39 is 11.7 Å². The molecule has 0 radical (unpaired) electrons. The minimum atomic E-state index is -4.33. The summed E-state index contributed by atoms with van der Waals surface area (Å²) in [5, 5.41) is 3.07. The van der Waals surface area contributed by atoms with Gasteiger partial charge in [0, 0.05) is 18.8 Å². The third-order valence-electron chi connectivity index (χ3n) is 3.05. The van der Waals surface area contributed by atoms with E-state index in [-0.39, 0.29) is 18.2 Å². The maximum atomic E-state index is 12.9. The number of pyridine rings is 1. The van der Waals surface area contributed by atoms with Crippen LogP contribution < -0.4 is 5.32 Å². The third-order valence-corrected chi connectivity index (χ3v) is 3.05. The smallest absolute Gasteiger partial charge is 0.305 e. The molecule has 0 spiro atoms. The van der Waals surface area contributed by atoms with Crippen molar-refractivity contribution in [2.24, 2.45) is 0 Å². The summed E-state index contributed by atoms with van der Waals surface area (Å²) in [6.07, 6.45) is -2.66. The summed E-state index contributed by atoms with van der Waals surface area (Å²) in [4.78, 5) is 4.18. The molecule has 0 unspecified atom stereocenters. The quantitative estimate of drug-likeness (QED) is 0.917. The van der Waals surface area contributed by atoms with Crippen LogP contribution in [0.5, 0.6) is 0 Å². The van der Waals surface area contributed by atoms with Crippen LogP contribution in [0.4, 0.5) is 13.2 Å². The fourth-order valence-corrected chi connectivity index (χ4v) is 1.95. The van der Waals surface area contributed by atoms with E-state index >= 15 is 0 Å². The van der Waals surface area contributed by atoms with Crippen LogP contribution >= 0.6 is 0 Å². The van der Waals surface area contributed by atoms with E-state index in [9.17, 15) is 13.2 Å². The normalized spacial score (nSPS) is 13.2. The van der Waals surface area contributed by atoms with E-state index in [2.05, 4.69) is 10.3 Å². The zero-order chi connectivity index (χ0) is 14.6. The van der Waals surface area contributed by atoms with Gasteiger partial charge in [-0.2, -0.15) is 13.2 Å². The molecule has 0 bridgehead atoms. The Balaban J connectivity index is 2.08. The van der Waals surface area contributed by atoms with Gasteiger partial charge in [-0.15, -0.1) is 0 Å². The number of benzene rings is 1. The first-order valence-electron chi connectivity index (χ1n) is 6.28. The molecule has 2 rings (SSSR count). The summed E-state index contributed by atoms with van der Waals surface area (Å²) in [6, 6.07) is 11.0. The van der Waals surface area contributed by atoms with Gasteiger partial charge in [-0.25, -0.2) is 0 Å². The van der Waals surface area contributed by atoms with Gasteiger partial charge in [-0.3, -0.25) is 4.98 Å². The minimum Gasteiger partial charge on any atom is -0.305 e. The monoisotopic (exact) mass is 280 g/mol. The Morgan fingerprint density at radius 2 is 1.80 bits per heavy atom. The maximum Gasteiger partial charge on any atom is 0.416 e. The number of hydrogen-bond acceptors (Lipinski definition) is 2. The van der Waals surface area contributed by atoms with Gasteiger partial charge in [0.05, 0.1) is 11.3 Å². The summed E-state index contributed by atoms with van der Waals surface area (Å²) >= 11 is 0. The molecule has 1 aromatic carbocycles. The SMILES string of the molecule is C[C@@H](NCc1ccccc1C(F)(F)F)c1ccccn1. The number of aromatic nitrogens is 1. The molecule has 1 N–H and O–H groups in total. The highest BCUT2D eigenvalue weighted by Gasteiger charge is 2.32. The van der Waals surface area contributed by atoms with Crippen molar-refractivity contribution in [2.45, 2.75) is 25.7 Å². The lowest BCUT2D eigenvalue weighted by Gasteiger charge is -2.16. The van der Waals surface area contributed by atoms with Gasteiger partial charge < -0.3 is 5.32 Å². The minimum absolute atomic E-state index is 0.113. The van der Waals surface area contributed by atoms with Gasteiger partial charge in [0.1, 0.15) is 0 Å². The number of halogens is 3. The van der Waals surface area contributed by atoms with Gasteiger partial charge >= 0.3 is 6.18 Å². The Hall–Kier alpha value is -1.88. The summed E-state index contributed by atoms with van der Waals surface area (Å²) in [7, 11) is 0. The van der Waals surface area contributed by atoms with Crippen molar-refractivity contribution in [1.29, 1.82) is 0 Å². The van der Waals surface area contributed by atoms with E-state index in [0.717, 1.165) is 11.8 Å². The molecule has 20 heavy (non-hydrogen) atoms. The van der Waals surface area contributed by atoms with E-state index in [1.165, 1.54) is 12.1 Å². The predicted molar refractivity (Wildman–Crippen MR) is 70.9 cm³/mol. The summed E-state index contributed by atoms with van der Waals surface area (Å²) < 4.78 is 38.6. The van der Waals surface area contributed by atoms with Crippen molar-refractivity contribution in [3.05, 3.63) is 65.5 Å². The van der Waals surface area contributed by atoms with Crippen molar-refractivity contribution in [3.63, 3.8) is 0 Å². The second kappa shape index (κ2) is 6.05. The molecule has 0 saturated heterocycles. The number of hydrogen-bond donors (Lipinski definition) is 1. The first-order valence-corrected chi connectivity index (χ1v) is 6.28. The third kappa shape index (κ3) is 3.57. The number of alkyl halides is 3. The Labute approximate surface area is 115 Å². The van der Waals surface area contributed by atoms with Crippen LogP contribution in [0.2, 0.25) is 0 Å². The average molecular weight is 280 g/mol. The molecule has 1 heterocycles. The van der Waals surface area contributed by atoms with Crippen molar-refractivity contribution in [3.8, 4) is 0 Å². The molecular formula is C15H15F3N2. The van der Waals surface area contributed by atoms with Crippen molar-refractivity contribution < 1.29 is 13.2 Å². The second-order valence-corrected chi connectivity index (χ2v) is 4.51. The van der Waals surface area contributed by atoms with E-state index in [1.54, 1.807) is 18.3 Å². The van der Waals surface area contributed by atoms with Crippen LogP contribution in [-0.4, -0.2) is 4.98 Å². The number of rotatable bonds is 4. The number of nitrogens with one attached hydrogen (secondary N) is 1. The van der Waals surface area contributed by atoms with Crippen LogP contribution in [0.1, 0.15) is 29.8 Å². The van der Waals surface area contributed by atoms with Crippen LogP contribution in [0.15, 0.2) is 48.7 Å². The van der Waals surface area contributed by atoms with Crippen molar-refractivity contribution >= 4 is 0 Å². The van der Waals surface area contributed by atoms with Gasteiger partial charge in [0.25, 0.3) is 0 Å². The Morgan fingerprint density at radius 3 is 2.45 bits per heavy atom. The van der Waals surface area contributed by atoms with Gasteiger partial charge in [-0.1, -0.05) is 24.3 Å². The van der Waals surface area contributed by atoms with Crippen molar-refractivity contribution in [2.75, 3.05) is 0 Å². The molecular weight excluding hydrogens is 265 g/mol. The molecule has 5 heteroatoms. The Kier molecular flexibility index (Phi) is 4.39. The highest BCUT2D eigenvalue weighted by atomic mass is 19.4. The molecule has 0 amide bonds. The molecule has 0 fully saturated rings. The molecule has 0 aliphatic heterocycles. The summed E-state index contributed by atoms with van der Waals surface area (Å²) in [5.41, 5.74) is 0.445. The fraction of sp³-hybridized carbons (Fsp3) is 0.267. The maximum absolute atomic E-state index is 12.9. The summed E-state index contributed by atoms with van der Waals surface area (Å²) in [5.74, 6) is 0. The predicted octanol–water partition coefficient (Wildman–Crippen LogP) is 3.95. The molecule has 2 aromatic rings. The molecule has 1 atom stereocenters. The second-order valence-electron chi connectivity index (χ2n) is 4.51. The van der Waals surface area contributed by atoms with Crippen LogP contribution in [0.25, 0.3) is 0 Å². The molecule has 0 aliphatic carbocycles. The average Bonchev–Trinajstić information content (AvgIpc) is 2.45. The number of nitrogens with zero attached hydrogens (tertiary/aromatic N) is 1. The van der Waals surface area contributed by atoms with Gasteiger partial charge in [-0.05, 0) is 30.7 Å². The lowest BCUT2D eigenvalue weighted by atomic mass is 10.1. The van der Waals surface area contributed by atoms with E-state index in [4.69, 9.17) is 0 Å². The molecule has 0 aliphatic rings. The largest absolute Gasteiger partial charge is 0.416 e. The van der Waals surface area contributed by atoms with Crippen LogP contribution in [0, 0.1) is 0 Å². The molecule has 1 aromatic heterocycles. The highest BCUT2D eigenvalue weighted by molar-refractivity contribution is 5.29. The highest BCUT2D eigenvalue weighted by Crippen LogP contribution is 2.31. The zero-order valence-corrected chi connectivity index (χ0v) is 11.0. The first-order chi connectivity index (χ1) is 9.48. The van der Waals surface area contributed by atoms with E-state index in [0.29, 0.717) is 0 Å². The van der Waals surface area contributed by atoms with E-state index in [1.807, 2.05) is 19.1 Å². The lowest BCUT2D eigenvalue weighted by molar-refractivity contribution is -0.138. The lowest BCUT2D eigenvalue weighted by Crippen LogP contribution is -2.21. The Morgan fingerprint density at radius 1 is 1.10 bits per heavy atom. The molecule has 2 nitrogen and oxygen atoms in total.